The van der Waals surface area contributed by atoms with Gasteiger partial charge in [-0.05, 0) is 27.2 Å². The Hall–Kier alpha value is -1.06. The molecule has 0 aliphatic carbocycles. The fraction of sp³-hybridized carbons (Fsp3) is 0.833. The lowest BCUT2D eigenvalue weighted by atomic mass is 9.99. The molecule has 1 aliphatic rings. The van der Waals surface area contributed by atoms with E-state index in [1.807, 2.05) is 27.7 Å². The third kappa shape index (κ3) is 2.97. The van der Waals surface area contributed by atoms with Crippen molar-refractivity contribution in [2.45, 2.75) is 46.1 Å². The maximum Gasteiger partial charge on any atom is 0.225 e. The number of rotatable bonds is 4. The minimum absolute atomic E-state index is 0.0103. The third-order valence-electron chi connectivity index (χ3n) is 3.31. The van der Waals surface area contributed by atoms with Gasteiger partial charge in [0.25, 0.3) is 0 Å². The van der Waals surface area contributed by atoms with Gasteiger partial charge >= 0.3 is 0 Å². The molecule has 2 amide bonds. The summed E-state index contributed by atoms with van der Waals surface area (Å²) < 4.78 is 0. The van der Waals surface area contributed by atoms with E-state index < -0.39 is 0 Å². The Balaban J connectivity index is 2.54. The van der Waals surface area contributed by atoms with Crippen LogP contribution < -0.4 is 5.32 Å². The molecular weight excluding hydrogens is 204 g/mol. The van der Waals surface area contributed by atoms with Crippen LogP contribution in [0.3, 0.4) is 0 Å². The van der Waals surface area contributed by atoms with Crippen molar-refractivity contribution in [2.24, 2.45) is 5.92 Å². The molecule has 4 heteroatoms. The van der Waals surface area contributed by atoms with Gasteiger partial charge in [-0.1, -0.05) is 6.92 Å². The molecule has 1 N–H and O–H groups in total. The van der Waals surface area contributed by atoms with Gasteiger partial charge in [0.05, 0.1) is 5.92 Å². The Morgan fingerprint density at radius 3 is 2.56 bits per heavy atom. The van der Waals surface area contributed by atoms with Gasteiger partial charge in [0, 0.05) is 25.0 Å². The van der Waals surface area contributed by atoms with Gasteiger partial charge in [0.15, 0.2) is 0 Å². The predicted octanol–water partition coefficient (Wildman–Crippen LogP) is 1.16. The number of carbonyl (C=O) groups excluding carboxylic acids is 2. The molecule has 0 saturated carbocycles. The average Bonchev–Trinajstić information content (AvgIpc) is 2.59. The summed E-state index contributed by atoms with van der Waals surface area (Å²) in [5, 5.41) is 3.00. The van der Waals surface area contributed by atoms with E-state index >= 15 is 0 Å². The Bertz CT molecular complexity index is 287. The van der Waals surface area contributed by atoms with Crippen molar-refractivity contribution in [3.05, 3.63) is 0 Å². The highest BCUT2D eigenvalue weighted by molar-refractivity contribution is 5.89. The SMILES string of the molecule is CCN1CC(C(=O)NC(C)(C)CC)CC1=O. The molecule has 0 spiro atoms. The van der Waals surface area contributed by atoms with Gasteiger partial charge in [-0.3, -0.25) is 9.59 Å². The number of amides is 2. The quantitative estimate of drug-likeness (QED) is 0.782. The number of nitrogens with zero attached hydrogens (tertiary/aromatic N) is 1. The first-order chi connectivity index (χ1) is 7.39. The van der Waals surface area contributed by atoms with E-state index in [4.69, 9.17) is 0 Å². The molecular formula is C12H22N2O2. The zero-order valence-electron chi connectivity index (χ0n) is 10.7. The molecule has 0 aromatic rings. The summed E-state index contributed by atoms with van der Waals surface area (Å²) in [5.74, 6) is -0.0635. The first-order valence-corrected chi connectivity index (χ1v) is 5.99. The number of hydrogen-bond acceptors (Lipinski definition) is 2. The van der Waals surface area contributed by atoms with Crippen LogP contribution in [0.15, 0.2) is 0 Å². The van der Waals surface area contributed by atoms with Gasteiger partial charge in [0.1, 0.15) is 0 Å². The number of likely N-dealkylation sites (tertiary alicyclic amines) is 1. The zero-order valence-corrected chi connectivity index (χ0v) is 10.7. The van der Waals surface area contributed by atoms with Crippen molar-refractivity contribution in [1.82, 2.24) is 10.2 Å². The molecule has 1 rings (SSSR count). The second-order valence-corrected chi connectivity index (χ2v) is 5.06. The first-order valence-electron chi connectivity index (χ1n) is 5.99. The van der Waals surface area contributed by atoms with Gasteiger partial charge in [0.2, 0.25) is 11.8 Å². The molecule has 1 saturated heterocycles. The highest BCUT2D eigenvalue weighted by Gasteiger charge is 2.34. The molecule has 0 aromatic carbocycles. The lowest BCUT2D eigenvalue weighted by Crippen LogP contribution is -2.46. The van der Waals surface area contributed by atoms with Crippen LogP contribution in [0, 0.1) is 5.92 Å². The van der Waals surface area contributed by atoms with E-state index in [1.54, 1.807) is 4.90 Å². The summed E-state index contributed by atoms with van der Waals surface area (Å²) in [4.78, 5) is 25.2. The van der Waals surface area contributed by atoms with E-state index in [0.717, 1.165) is 6.42 Å². The maximum absolute atomic E-state index is 11.9. The van der Waals surface area contributed by atoms with Crippen molar-refractivity contribution in [3.63, 3.8) is 0 Å². The lowest BCUT2D eigenvalue weighted by Gasteiger charge is -2.26. The van der Waals surface area contributed by atoms with Crippen LogP contribution in [0.2, 0.25) is 0 Å². The van der Waals surface area contributed by atoms with Gasteiger partial charge in [-0.25, -0.2) is 0 Å². The summed E-state index contributed by atoms with van der Waals surface area (Å²) in [6.07, 6.45) is 1.25. The minimum Gasteiger partial charge on any atom is -0.351 e. The Morgan fingerprint density at radius 1 is 1.50 bits per heavy atom. The van der Waals surface area contributed by atoms with Crippen LogP contribution in [-0.4, -0.2) is 35.3 Å². The molecule has 92 valence electrons. The van der Waals surface area contributed by atoms with Crippen molar-refractivity contribution < 1.29 is 9.59 Å². The summed E-state index contributed by atoms with van der Waals surface area (Å²) in [6, 6.07) is 0. The zero-order chi connectivity index (χ0) is 12.3. The van der Waals surface area contributed by atoms with Crippen molar-refractivity contribution in [2.75, 3.05) is 13.1 Å². The molecule has 1 heterocycles. The van der Waals surface area contributed by atoms with E-state index in [9.17, 15) is 9.59 Å². The Labute approximate surface area is 97.4 Å². The third-order valence-corrected chi connectivity index (χ3v) is 3.31. The highest BCUT2D eigenvalue weighted by Crippen LogP contribution is 2.19. The summed E-state index contributed by atoms with van der Waals surface area (Å²) in [7, 11) is 0. The van der Waals surface area contributed by atoms with Crippen LogP contribution in [0.25, 0.3) is 0 Å². The second kappa shape index (κ2) is 4.85. The first kappa shape index (κ1) is 13.0. The number of hydrogen-bond donors (Lipinski definition) is 1. The molecule has 0 aromatic heterocycles. The van der Waals surface area contributed by atoms with E-state index in [-0.39, 0.29) is 23.3 Å². The molecule has 1 unspecified atom stereocenters. The van der Waals surface area contributed by atoms with E-state index in [0.29, 0.717) is 19.5 Å². The van der Waals surface area contributed by atoms with Gasteiger partial charge in [-0.2, -0.15) is 0 Å². The fourth-order valence-electron chi connectivity index (χ4n) is 1.78. The van der Waals surface area contributed by atoms with Crippen molar-refractivity contribution in [1.29, 1.82) is 0 Å². The highest BCUT2D eigenvalue weighted by atomic mass is 16.2. The topological polar surface area (TPSA) is 49.4 Å². The van der Waals surface area contributed by atoms with E-state index in [2.05, 4.69) is 5.32 Å². The molecule has 16 heavy (non-hydrogen) atoms. The Kier molecular flexibility index (Phi) is 3.94. The summed E-state index contributed by atoms with van der Waals surface area (Å²) in [5.41, 5.74) is -0.181. The largest absolute Gasteiger partial charge is 0.351 e. The van der Waals surface area contributed by atoms with Crippen molar-refractivity contribution >= 4 is 11.8 Å². The van der Waals surface area contributed by atoms with Crippen LogP contribution >= 0.6 is 0 Å². The normalized spacial score (nSPS) is 21.4. The fourth-order valence-corrected chi connectivity index (χ4v) is 1.78. The predicted molar refractivity (Wildman–Crippen MR) is 62.9 cm³/mol. The standard InChI is InChI=1S/C12H22N2O2/c1-5-12(3,4)13-11(16)9-7-10(15)14(6-2)8-9/h9H,5-8H2,1-4H3,(H,13,16). The molecule has 1 aliphatic heterocycles. The summed E-state index contributed by atoms with van der Waals surface area (Å²) >= 11 is 0. The summed E-state index contributed by atoms with van der Waals surface area (Å²) in [6.45, 7) is 9.24. The van der Waals surface area contributed by atoms with Crippen LogP contribution in [0.4, 0.5) is 0 Å². The second-order valence-electron chi connectivity index (χ2n) is 5.06. The molecule has 0 radical (unpaired) electrons. The number of carbonyl (C=O) groups is 2. The average molecular weight is 226 g/mol. The van der Waals surface area contributed by atoms with Crippen LogP contribution in [0.5, 0.6) is 0 Å². The minimum atomic E-state index is -0.181. The lowest BCUT2D eigenvalue weighted by molar-refractivity contribution is -0.129. The monoisotopic (exact) mass is 226 g/mol. The smallest absolute Gasteiger partial charge is 0.225 e. The Morgan fingerprint density at radius 2 is 2.12 bits per heavy atom. The molecule has 4 nitrogen and oxygen atoms in total. The van der Waals surface area contributed by atoms with Crippen LogP contribution in [0.1, 0.15) is 40.5 Å². The van der Waals surface area contributed by atoms with Gasteiger partial charge in [-0.15, -0.1) is 0 Å². The maximum atomic E-state index is 11.9. The molecule has 0 bridgehead atoms. The molecule has 1 fully saturated rings. The van der Waals surface area contributed by atoms with Gasteiger partial charge < -0.3 is 10.2 Å². The molecule has 1 atom stereocenters. The van der Waals surface area contributed by atoms with E-state index in [1.165, 1.54) is 0 Å². The number of nitrogens with one attached hydrogen (secondary N) is 1. The van der Waals surface area contributed by atoms with Crippen molar-refractivity contribution in [3.8, 4) is 0 Å². The van der Waals surface area contributed by atoms with Crippen LogP contribution in [-0.2, 0) is 9.59 Å².